The standard InChI is InChI=1S/C20H22N2O/c1-14-7-5-6-8-18(14)13-23-20-10-9-17(11-15(20)2)19-12-16(3)22(4)21-19/h5-12H,13H2,1-4H3. The van der Waals surface area contributed by atoms with Crippen LogP contribution in [0.4, 0.5) is 0 Å². The minimum absolute atomic E-state index is 0.593. The Hall–Kier alpha value is -2.55. The molecule has 1 heterocycles. The van der Waals surface area contributed by atoms with Gasteiger partial charge >= 0.3 is 0 Å². The van der Waals surface area contributed by atoms with Crippen molar-refractivity contribution in [1.29, 1.82) is 0 Å². The topological polar surface area (TPSA) is 27.1 Å². The SMILES string of the molecule is Cc1ccccc1COc1ccc(-c2cc(C)n(C)n2)cc1C. The maximum Gasteiger partial charge on any atom is 0.122 e. The largest absolute Gasteiger partial charge is 0.489 e. The van der Waals surface area contributed by atoms with E-state index in [0.29, 0.717) is 6.61 Å². The first-order valence-electron chi connectivity index (χ1n) is 7.83. The molecule has 3 heteroatoms. The van der Waals surface area contributed by atoms with Crippen LogP contribution in [-0.2, 0) is 13.7 Å². The molecule has 3 aromatic rings. The van der Waals surface area contributed by atoms with Gasteiger partial charge in [0.2, 0.25) is 0 Å². The normalized spacial score (nSPS) is 10.8. The fraction of sp³-hybridized carbons (Fsp3) is 0.250. The molecule has 118 valence electrons. The summed E-state index contributed by atoms with van der Waals surface area (Å²) in [6.07, 6.45) is 0. The van der Waals surface area contributed by atoms with Crippen LogP contribution in [-0.4, -0.2) is 9.78 Å². The van der Waals surface area contributed by atoms with E-state index in [1.807, 2.05) is 29.9 Å². The molecule has 0 N–H and O–H groups in total. The molecule has 0 unspecified atom stereocenters. The molecule has 0 bridgehead atoms. The monoisotopic (exact) mass is 306 g/mol. The molecule has 0 aliphatic heterocycles. The van der Waals surface area contributed by atoms with Gasteiger partial charge in [-0.2, -0.15) is 5.10 Å². The van der Waals surface area contributed by atoms with E-state index in [0.717, 1.165) is 28.3 Å². The Bertz CT molecular complexity index is 814. The van der Waals surface area contributed by atoms with E-state index in [2.05, 4.69) is 56.2 Å². The van der Waals surface area contributed by atoms with Crippen molar-refractivity contribution < 1.29 is 4.74 Å². The smallest absolute Gasteiger partial charge is 0.122 e. The van der Waals surface area contributed by atoms with Crippen LogP contribution >= 0.6 is 0 Å². The Kier molecular flexibility index (Phi) is 4.20. The minimum atomic E-state index is 0.593. The molecule has 0 fully saturated rings. The molecule has 23 heavy (non-hydrogen) atoms. The Balaban J connectivity index is 1.78. The van der Waals surface area contributed by atoms with Gasteiger partial charge in [-0.15, -0.1) is 0 Å². The molecule has 1 aromatic heterocycles. The fourth-order valence-corrected chi connectivity index (χ4v) is 2.60. The van der Waals surface area contributed by atoms with Gasteiger partial charge in [0, 0.05) is 18.3 Å². The Morgan fingerprint density at radius 2 is 1.74 bits per heavy atom. The van der Waals surface area contributed by atoms with Crippen LogP contribution in [0.3, 0.4) is 0 Å². The molecule has 0 aliphatic rings. The van der Waals surface area contributed by atoms with Crippen LogP contribution < -0.4 is 4.74 Å². The molecule has 2 aromatic carbocycles. The summed E-state index contributed by atoms with van der Waals surface area (Å²) in [5.41, 5.74) is 6.87. The molecular weight excluding hydrogens is 284 g/mol. The van der Waals surface area contributed by atoms with Crippen molar-refractivity contribution in [1.82, 2.24) is 9.78 Å². The van der Waals surface area contributed by atoms with Gasteiger partial charge < -0.3 is 4.74 Å². The molecule has 3 rings (SSSR count). The van der Waals surface area contributed by atoms with Gasteiger partial charge in [-0.3, -0.25) is 4.68 Å². The van der Waals surface area contributed by atoms with E-state index in [1.54, 1.807) is 0 Å². The van der Waals surface area contributed by atoms with E-state index in [1.165, 1.54) is 11.1 Å². The lowest BCUT2D eigenvalue weighted by molar-refractivity contribution is 0.303. The highest BCUT2D eigenvalue weighted by Crippen LogP contribution is 2.26. The predicted molar refractivity (Wildman–Crippen MR) is 93.6 cm³/mol. The van der Waals surface area contributed by atoms with Gasteiger partial charge in [0.15, 0.2) is 0 Å². The number of aryl methyl sites for hydroxylation is 4. The zero-order chi connectivity index (χ0) is 16.4. The van der Waals surface area contributed by atoms with E-state index in [4.69, 9.17) is 4.74 Å². The van der Waals surface area contributed by atoms with Crippen molar-refractivity contribution in [3.63, 3.8) is 0 Å². The van der Waals surface area contributed by atoms with Crippen LogP contribution in [0.15, 0.2) is 48.5 Å². The number of hydrogen-bond donors (Lipinski definition) is 0. The van der Waals surface area contributed by atoms with Crippen LogP contribution in [0, 0.1) is 20.8 Å². The van der Waals surface area contributed by atoms with Crippen LogP contribution in [0.25, 0.3) is 11.3 Å². The van der Waals surface area contributed by atoms with Crippen LogP contribution in [0.1, 0.15) is 22.4 Å². The average molecular weight is 306 g/mol. The second-order valence-corrected chi connectivity index (χ2v) is 5.99. The Labute approximate surface area is 137 Å². The lowest BCUT2D eigenvalue weighted by Crippen LogP contribution is -1.99. The molecule has 0 saturated carbocycles. The number of benzene rings is 2. The molecule has 0 atom stereocenters. The number of rotatable bonds is 4. The second kappa shape index (κ2) is 6.29. The highest BCUT2D eigenvalue weighted by molar-refractivity contribution is 5.62. The lowest BCUT2D eigenvalue weighted by atomic mass is 10.1. The second-order valence-electron chi connectivity index (χ2n) is 5.99. The summed E-state index contributed by atoms with van der Waals surface area (Å²) < 4.78 is 7.89. The quantitative estimate of drug-likeness (QED) is 0.705. The summed E-state index contributed by atoms with van der Waals surface area (Å²) in [7, 11) is 1.96. The molecule has 0 aliphatic carbocycles. The molecular formula is C20H22N2O. The third-order valence-electron chi connectivity index (χ3n) is 4.23. The highest BCUT2D eigenvalue weighted by Gasteiger charge is 2.08. The molecule has 0 saturated heterocycles. The summed E-state index contributed by atoms with van der Waals surface area (Å²) in [6, 6.07) is 16.7. The summed E-state index contributed by atoms with van der Waals surface area (Å²) in [4.78, 5) is 0. The van der Waals surface area contributed by atoms with Crippen LogP contribution in [0.5, 0.6) is 5.75 Å². The molecule has 0 radical (unpaired) electrons. The number of ether oxygens (including phenoxy) is 1. The summed E-state index contributed by atoms with van der Waals surface area (Å²) in [5.74, 6) is 0.921. The van der Waals surface area contributed by atoms with Crippen molar-refractivity contribution in [3.8, 4) is 17.0 Å². The van der Waals surface area contributed by atoms with Crippen molar-refractivity contribution in [2.24, 2.45) is 7.05 Å². The van der Waals surface area contributed by atoms with Gasteiger partial charge in [0.25, 0.3) is 0 Å². The van der Waals surface area contributed by atoms with Gasteiger partial charge in [-0.1, -0.05) is 24.3 Å². The van der Waals surface area contributed by atoms with Crippen molar-refractivity contribution >= 4 is 0 Å². The maximum absolute atomic E-state index is 6.00. The lowest BCUT2D eigenvalue weighted by Gasteiger charge is -2.11. The first kappa shape index (κ1) is 15.3. The van der Waals surface area contributed by atoms with Gasteiger partial charge in [-0.05, 0) is 61.7 Å². The first-order valence-corrected chi connectivity index (χ1v) is 7.83. The zero-order valence-electron chi connectivity index (χ0n) is 14.1. The zero-order valence-corrected chi connectivity index (χ0v) is 14.1. The third-order valence-corrected chi connectivity index (χ3v) is 4.23. The number of aromatic nitrogens is 2. The van der Waals surface area contributed by atoms with E-state index in [9.17, 15) is 0 Å². The number of nitrogens with zero attached hydrogens (tertiary/aromatic N) is 2. The molecule has 3 nitrogen and oxygen atoms in total. The Morgan fingerprint density at radius 3 is 2.39 bits per heavy atom. The van der Waals surface area contributed by atoms with E-state index in [-0.39, 0.29) is 0 Å². The van der Waals surface area contributed by atoms with Crippen molar-refractivity contribution in [3.05, 3.63) is 70.9 Å². The summed E-state index contributed by atoms with van der Waals surface area (Å²) in [5, 5.41) is 4.53. The van der Waals surface area contributed by atoms with Gasteiger partial charge in [-0.25, -0.2) is 0 Å². The maximum atomic E-state index is 6.00. The third kappa shape index (κ3) is 3.29. The molecule has 0 spiro atoms. The first-order chi connectivity index (χ1) is 11.0. The van der Waals surface area contributed by atoms with Crippen molar-refractivity contribution in [2.45, 2.75) is 27.4 Å². The van der Waals surface area contributed by atoms with E-state index < -0.39 is 0 Å². The van der Waals surface area contributed by atoms with Crippen LogP contribution in [0.2, 0.25) is 0 Å². The van der Waals surface area contributed by atoms with Gasteiger partial charge in [0.1, 0.15) is 12.4 Å². The summed E-state index contributed by atoms with van der Waals surface area (Å²) in [6.45, 7) is 6.84. The Morgan fingerprint density at radius 1 is 0.957 bits per heavy atom. The van der Waals surface area contributed by atoms with E-state index >= 15 is 0 Å². The summed E-state index contributed by atoms with van der Waals surface area (Å²) >= 11 is 0. The average Bonchev–Trinajstić information content (AvgIpc) is 2.87. The number of hydrogen-bond acceptors (Lipinski definition) is 2. The highest BCUT2D eigenvalue weighted by atomic mass is 16.5. The fourth-order valence-electron chi connectivity index (χ4n) is 2.60. The molecule has 0 amide bonds. The van der Waals surface area contributed by atoms with Gasteiger partial charge in [0.05, 0.1) is 5.69 Å². The van der Waals surface area contributed by atoms with Crippen molar-refractivity contribution in [2.75, 3.05) is 0 Å². The predicted octanol–water partition coefficient (Wildman–Crippen LogP) is 4.59. The minimum Gasteiger partial charge on any atom is -0.489 e.